The first kappa shape index (κ1) is 41.8. The summed E-state index contributed by atoms with van der Waals surface area (Å²) in [4.78, 5) is 4.98. The molecule has 0 radical (unpaired) electrons. The average Bonchev–Trinajstić information content (AvgIpc) is 3.68. The summed E-state index contributed by atoms with van der Waals surface area (Å²) in [5.74, 6) is 0. The molecule has 73 heavy (non-hydrogen) atoms. The largest absolute Gasteiger partial charge is 0.310 e. The zero-order valence-electron chi connectivity index (χ0n) is 40.9. The van der Waals surface area contributed by atoms with Gasteiger partial charge >= 0.3 is 0 Å². The number of benzene rings is 12. The molecule has 0 N–H and O–H groups in total. The van der Waals surface area contributed by atoms with E-state index in [1.54, 1.807) is 0 Å². The van der Waals surface area contributed by atoms with Crippen LogP contribution in [0.25, 0.3) is 76.8 Å². The van der Waals surface area contributed by atoms with E-state index in [0.29, 0.717) is 0 Å². The number of fused-ring (bicyclic) bond motifs is 10. The summed E-state index contributed by atoms with van der Waals surface area (Å²) in [6.45, 7) is 4.71. The zero-order chi connectivity index (χ0) is 48.4. The fourth-order valence-electron chi connectivity index (χ4n) is 13.0. The molecule has 2 heteroatoms. The van der Waals surface area contributed by atoms with E-state index >= 15 is 0 Å². The topological polar surface area (TPSA) is 6.48 Å². The van der Waals surface area contributed by atoms with Crippen LogP contribution in [-0.2, 0) is 18.3 Å². The summed E-state index contributed by atoms with van der Waals surface area (Å²) < 4.78 is 0. The highest BCUT2D eigenvalue weighted by Gasteiger charge is 2.35. The summed E-state index contributed by atoms with van der Waals surface area (Å²) in [5, 5.41) is 7.36. The second-order valence-corrected chi connectivity index (χ2v) is 20.8. The van der Waals surface area contributed by atoms with E-state index in [0.717, 1.165) is 24.2 Å². The smallest absolute Gasteiger partial charge is 0.0497 e. The molecule has 0 atom stereocenters. The Balaban J connectivity index is 1.01. The minimum atomic E-state index is -0.0352. The van der Waals surface area contributed by atoms with Gasteiger partial charge in [-0.15, -0.1) is 0 Å². The van der Waals surface area contributed by atoms with E-state index in [4.69, 9.17) is 0 Å². The normalized spacial score (nSPS) is 13.8. The van der Waals surface area contributed by atoms with Gasteiger partial charge < -0.3 is 9.80 Å². The number of rotatable bonds is 5. The van der Waals surface area contributed by atoms with Crippen molar-refractivity contribution in [3.8, 4) is 44.5 Å². The molecule has 344 valence electrons. The molecule has 0 saturated heterocycles. The Morgan fingerprint density at radius 1 is 0.301 bits per heavy atom. The van der Waals surface area contributed by atoms with Crippen LogP contribution in [0.5, 0.6) is 0 Å². The van der Waals surface area contributed by atoms with Gasteiger partial charge in [0.05, 0.1) is 0 Å². The average molecular weight is 931 g/mol. The van der Waals surface area contributed by atoms with Crippen molar-refractivity contribution in [2.75, 3.05) is 9.80 Å². The molecule has 0 fully saturated rings. The summed E-state index contributed by atoms with van der Waals surface area (Å²) in [6, 6.07) is 91.4. The van der Waals surface area contributed by atoms with E-state index in [2.05, 4.69) is 266 Å². The van der Waals surface area contributed by atoms with Crippen LogP contribution in [0, 0.1) is 0 Å². The van der Waals surface area contributed by atoms with Gasteiger partial charge in [-0.1, -0.05) is 202 Å². The number of hydrogen-bond acceptors (Lipinski definition) is 2. The third-order valence-corrected chi connectivity index (χ3v) is 16.4. The highest BCUT2D eigenvalue weighted by Crippen LogP contribution is 2.53. The molecule has 1 aliphatic carbocycles. The molecule has 0 aromatic heterocycles. The van der Waals surface area contributed by atoms with Crippen molar-refractivity contribution in [3.63, 3.8) is 0 Å². The lowest BCUT2D eigenvalue weighted by molar-refractivity contribution is 0.660. The second kappa shape index (κ2) is 16.0. The number of hydrogen-bond donors (Lipinski definition) is 0. The Labute approximate surface area is 426 Å². The van der Waals surface area contributed by atoms with Crippen LogP contribution in [-0.4, -0.2) is 0 Å². The third kappa shape index (κ3) is 6.36. The summed E-state index contributed by atoms with van der Waals surface area (Å²) in [7, 11) is 0. The lowest BCUT2D eigenvalue weighted by Crippen LogP contribution is -2.18. The molecule has 2 heterocycles. The van der Waals surface area contributed by atoms with Crippen LogP contribution < -0.4 is 9.80 Å². The van der Waals surface area contributed by atoms with Crippen molar-refractivity contribution < 1.29 is 0 Å². The van der Waals surface area contributed by atoms with Crippen molar-refractivity contribution in [3.05, 3.63) is 276 Å². The minimum Gasteiger partial charge on any atom is -0.310 e. The number of para-hydroxylation sites is 4. The number of anilines is 6. The fraction of sp³-hybridized carbons (Fsp3) is 0.0704. The van der Waals surface area contributed by atoms with Gasteiger partial charge in [-0.25, -0.2) is 0 Å². The minimum absolute atomic E-state index is 0.0352. The maximum atomic E-state index is 2.49. The standard InChI is InChI=1S/C71H50N2/c1-71(2)63-25-10-9-23-56(63)60-42-48(34-39-64(60)71)45-30-32-47(33-31-45)69-58-37-35-54(73-67-28-13-6-19-51(67)41-52-20-7-14-29-68(52)73)44-62(58)70(57-24-15-21-46-16-3-8-22-55(46)57)59-38-36-53(43-61(59)69)72-65-26-11-4-17-49(65)40-50-18-5-12-27-66(50)72/h3-39,42-44H,40-41H2,1-2H3. The summed E-state index contributed by atoms with van der Waals surface area (Å²) >= 11 is 0. The van der Waals surface area contributed by atoms with Gasteiger partial charge in [0.15, 0.2) is 0 Å². The fourth-order valence-corrected chi connectivity index (χ4v) is 13.0. The van der Waals surface area contributed by atoms with Gasteiger partial charge in [0, 0.05) is 52.4 Å². The highest BCUT2D eigenvalue weighted by molar-refractivity contribution is 6.25. The highest BCUT2D eigenvalue weighted by atomic mass is 15.2. The van der Waals surface area contributed by atoms with Crippen LogP contribution in [0.4, 0.5) is 34.1 Å². The van der Waals surface area contributed by atoms with Gasteiger partial charge in [-0.2, -0.15) is 0 Å². The van der Waals surface area contributed by atoms with Crippen LogP contribution in [0.1, 0.15) is 47.2 Å². The molecule has 12 aromatic rings. The molecular weight excluding hydrogens is 881 g/mol. The Kier molecular flexibility index (Phi) is 9.16. The van der Waals surface area contributed by atoms with Crippen LogP contribution in [0.15, 0.2) is 243 Å². The van der Waals surface area contributed by atoms with Crippen molar-refractivity contribution in [1.82, 2.24) is 0 Å². The van der Waals surface area contributed by atoms with Gasteiger partial charge in [-0.05, 0) is 165 Å². The van der Waals surface area contributed by atoms with Crippen LogP contribution in [0.3, 0.4) is 0 Å². The molecule has 0 saturated carbocycles. The second-order valence-electron chi connectivity index (χ2n) is 20.8. The van der Waals surface area contributed by atoms with E-state index in [9.17, 15) is 0 Å². The van der Waals surface area contributed by atoms with E-state index in [1.807, 2.05) is 0 Å². The Morgan fingerprint density at radius 3 is 1.37 bits per heavy atom. The first-order valence-electron chi connectivity index (χ1n) is 25.7. The van der Waals surface area contributed by atoms with Crippen molar-refractivity contribution in [2.24, 2.45) is 0 Å². The van der Waals surface area contributed by atoms with E-state index in [-0.39, 0.29) is 5.41 Å². The molecule has 2 aliphatic heterocycles. The van der Waals surface area contributed by atoms with Gasteiger partial charge in [0.2, 0.25) is 0 Å². The van der Waals surface area contributed by atoms with Crippen molar-refractivity contribution in [1.29, 1.82) is 0 Å². The van der Waals surface area contributed by atoms with Crippen molar-refractivity contribution >= 4 is 66.4 Å². The van der Waals surface area contributed by atoms with Crippen LogP contribution in [0.2, 0.25) is 0 Å². The maximum Gasteiger partial charge on any atom is 0.0497 e. The lowest BCUT2D eigenvalue weighted by atomic mass is 9.82. The SMILES string of the molecule is CC1(C)c2ccccc2-c2cc(-c3ccc(-c4c5cc(N6c7ccccc7Cc7ccccc76)ccc5c(-c5cccc6ccccc56)c5cc(N6c7ccccc7Cc7ccccc76)ccc45)cc3)ccc21. The molecule has 2 nitrogen and oxygen atoms in total. The number of nitrogens with zero attached hydrogens (tertiary/aromatic N) is 2. The first-order valence-corrected chi connectivity index (χ1v) is 25.7. The molecule has 0 spiro atoms. The molecule has 0 bridgehead atoms. The molecule has 15 rings (SSSR count). The molecular formula is C71H50N2. The molecule has 0 unspecified atom stereocenters. The Hall–Kier alpha value is -8.98. The van der Waals surface area contributed by atoms with E-state index in [1.165, 1.54) is 133 Å². The first-order chi connectivity index (χ1) is 36.0. The third-order valence-electron chi connectivity index (χ3n) is 16.4. The predicted molar refractivity (Wildman–Crippen MR) is 308 cm³/mol. The van der Waals surface area contributed by atoms with Gasteiger partial charge in [0.1, 0.15) is 0 Å². The zero-order valence-corrected chi connectivity index (χ0v) is 40.9. The summed E-state index contributed by atoms with van der Waals surface area (Å²) in [5.41, 5.74) is 25.3. The lowest BCUT2D eigenvalue weighted by Gasteiger charge is -2.34. The molecule has 0 amide bonds. The quantitative estimate of drug-likeness (QED) is 0.159. The molecule has 12 aromatic carbocycles. The maximum absolute atomic E-state index is 2.49. The summed E-state index contributed by atoms with van der Waals surface area (Å²) in [6.07, 6.45) is 1.82. The van der Waals surface area contributed by atoms with Crippen molar-refractivity contribution in [2.45, 2.75) is 32.1 Å². The predicted octanol–water partition coefficient (Wildman–Crippen LogP) is 19.2. The Morgan fingerprint density at radius 2 is 0.753 bits per heavy atom. The van der Waals surface area contributed by atoms with E-state index < -0.39 is 0 Å². The van der Waals surface area contributed by atoms with Gasteiger partial charge in [0.25, 0.3) is 0 Å². The Bertz CT molecular complexity index is 4160. The molecule has 3 aliphatic rings. The monoisotopic (exact) mass is 930 g/mol. The van der Waals surface area contributed by atoms with Gasteiger partial charge in [-0.3, -0.25) is 0 Å². The van der Waals surface area contributed by atoms with Crippen LogP contribution >= 0.6 is 0 Å².